The van der Waals surface area contributed by atoms with E-state index in [4.69, 9.17) is 0 Å². The van der Waals surface area contributed by atoms with Crippen LogP contribution >= 0.6 is 0 Å². The molecule has 0 aliphatic carbocycles. The van der Waals surface area contributed by atoms with Crippen LogP contribution in [0.5, 0.6) is 0 Å². The molecule has 0 spiro atoms. The van der Waals surface area contributed by atoms with E-state index >= 15 is 0 Å². The Morgan fingerprint density at radius 1 is 1.25 bits per heavy atom. The van der Waals surface area contributed by atoms with Crippen LogP contribution in [0.3, 0.4) is 0 Å². The van der Waals surface area contributed by atoms with Crippen LogP contribution < -0.4 is 5.32 Å². The van der Waals surface area contributed by atoms with Crippen molar-refractivity contribution in [3.8, 4) is 0 Å². The van der Waals surface area contributed by atoms with Gasteiger partial charge in [0.15, 0.2) is 0 Å². The second-order valence-corrected chi connectivity index (χ2v) is 4.54. The first-order valence-electron chi connectivity index (χ1n) is 6.09. The second kappa shape index (κ2) is 6.66. The smallest absolute Gasteiger partial charge is 0.0916 e. The van der Waals surface area contributed by atoms with Crippen LogP contribution in [0.1, 0.15) is 37.5 Å². The summed E-state index contributed by atoms with van der Waals surface area (Å²) in [5, 5.41) is 13.3. The van der Waals surface area contributed by atoms with Gasteiger partial charge in [0, 0.05) is 6.54 Å². The minimum Gasteiger partial charge on any atom is -0.387 e. The Labute approximate surface area is 98.7 Å². The minimum atomic E-state index is -0.398. The molecule has 2 nitrogen and oxygen atoms in total. The molecule has 2 atom stereocenters. The van der Waals surface area contributed by atoms with Crippen LogP contribution in [-0.2, 0) is 0 Å². The molecular formula is C14H23NO. The van der Waals surface area contributed by atoms with Crippen molar-refractivity contribution >= 4 is 0 Å². The molecule has 0 fully saturated rings. The molecule has 90 valence electrons. The Morgan fingerprint density at radius 3 is 2.56 bits per heavy atom. The molecule has 0 aromatic heterocycles. The lowest BCUT2D eigenvalue weighted by atomic mass is 10.0. The predicted octanol–water partition coefficient (Wildman–Crippen LogP) is 2.66. The first kappa shape index (κ1) is 13.2. The van der Waals surface area contributed by atoms with Crippen molar-refractivity contribution in [2.24, 2.45) is 5.92 Å². The number of aryl methyl sites for hydroxylation is 1. The first-order chi connectivity index (χ1) is 7.65. The van der Waals surface area contributed by atoms with Crippen LogP contribution in [0.4, 0.5) is 0 Å². The molecule has 2 N–H and O–H groups in total. The van der Waals surface area contributed by atoms with Gasteiger partial charge in [-0.3, -0.25) is 0 Å². The van der Waals surface area contributed by atoms with Crippen LogP contribution in [-0.4, -0.2) is 18.2 Å². The fourth-order valence-corrected chi connectivity index (χ4v) is 1.68. The number of aliphatic hydroxyl groups is 1. The lowest BCUT2D eigenvalue weighted by molar-refractivity contribution is 0.172. The highest BCUT2D eigenvalue weighted by Gasteiger charge is 2.09. The molecular weight excluding hydrogens is 198 g/mol. The van der Waals surface area contributed by atoms with E-state index in [0.29, 0.717) is 12.5 Å². The number of hydrogen-bond acceptors (Lipinski definition) is 2. The normalized spacial score (nSPS) is 14.8. The monoisotopic (exact) mass is 221 g/mol. The third-order valence-corrected chi connectivity index (χ3v) is 3.07. The maximum atomic E-state index is 10.0. The van der Waals surface area contributed by atoms with Gasteiger partial charge in [-0.1, -0.05) is 44.5 Å². The van der Waals surface area contributed by atoms with Gasteiger partial charge >= 0.3 is 0 Å². The van der Waals surface area contributed by atoms with Crippen molar-refractivity contribution in [1.29, 1.82) is 0 Å². The quantitative estimate of drug-likeness (QED) is 0.774. The maximum absolute atomic E-state index is 10.0. The number of benzene rings is 1. The molecule has 0 heterocycles. The van der Waals surface area contributed by atoms with Crippen molar-refractivity contribution in [3.05, 3.63) is 35.4 Å². The van der Waals surface area contributed by atoms with Crippen molar-refractivity contribution in [1.82, 2.24) is 5.32 Å². The van der Waals surface area contributed by atoms with Gasteiger partial charge in [0.05, 0.1) is 6.10 Å². The Balaban J connectivity index is 2.41. The first-order valence-corrected chi connectivity index (χ1v) is 6.09. The average Bonchev–Trinajstić information content (AvgIpc) is 2.29. The van der Waals surface area contributed by atoms with Crippen LogP contribution in [0.2, 0.25) is 0 Å². The maximum Gasteiger partial charge on any atom is 0.0916 e. The van der Waals surface area contributed by atoms with E-state index in [1.54, 1.807) is 0 Å². The molecule has 0 aliphatic heterocycles. The standard InChI is InChI=1S/C14H23NO/c1-4-11(2)9-15-10-14(16)13-8-6-5-7-12(13)3/h5-8,11,14-16H,4,9-10H2,1-3H3. The van der Waals surface area contributed by atoms with E-state index in [1.165, 1.54) is 6.42 Å². The molecule has 2 unspecified atom stereocenters. The third-order valence-electron chi connectivity index (χ3n) is 3.07. The summed E-state index contributed by atoms with van der Waals surface area (Å²) in [6, 6.07) is 8.00. The summed E-state index contributed by atoms with van der Waals surface area (Å²) in [6.07, 6.45) is 0.776. The summed E-state index contributed by atoms with van der Waals surface area (Å²) in [5.74, 6) is 0.670. The Kier molecular flexibility index (Phi) is 5.50. The van der Waals surface area contributed by atoms with Crippen LogP contribution in [0.15, 0.2) is 24.3 Å². The number of nitrogens with one attached hydrogen (secondary N) is 1. The molecule has 0 radical (unpaired) electrons. The summed E-state index contributed by atoms with van der Waals surface area (Å²) >= 11 is 0. The number of hydrogen-bond donors (Lipinski definition) is 2. The highest BCUT2D eigenvalue weighted by Crippen LogP contribution is 2.16. The molecule has 1 aromatic carbocycles. The van der Waals surface area contributed by atoms with Crippen molar-refractivity contribution in [3.63, 3.8) is 0 Å². The number of rotatable bonds is 6. The van der Waals surface area contributed by atoms with Crippen LogP contribution in [0.25, 0.3) is 0 Å². The average molecular weight is 221 g/mol. The van der Waals surface area contributed by atoms with Gasteiger partial charge in [-0.25, -0.2) is 0 Å². The van der Waals surface area contributed by atoms with E-state index in [0.717, 1.165) is 17.7 Å². The van der Waals surface area contributed by atoms with Gasteiger partial charge < -0.3 is 10.4 Å². The molecule has 1 aromatic rings. The predicted molar refractivity (Wildman–Crippen MR) is 68.5 cm³/mol. The fourth-order valence-electron chi connectivity index (χ4n) is 1.68. The van der Waals surface area contributed by atoms with E-state index in [2.05, 4.69) is 19.2 Å². The zero-order valence-corrected chi connectivity index (χ0v) is 10.5. The summed E-state index contributed by atoms with van der Waals surface area (Å²) in [7, 11) is 0. The van der Waals surface area contributed by atoms with Crippen LogP contribution in [0, 0.1) is 12.8 Å². The van der Waals surface area contributed by atoms with E-state index in [1.807, 2.05) is 31.2 Å². The van der Waals surface area contributed by atoms with E-state index in [-0.39, 0.29) is 0 Å². The largest absolute Gasteiger partial charge is 0.387 e. The zero-order chi connectivity index (χ0) is 12.0. The molecule has 0 amide bonds. The molecule has 2 heteroatoms. The molecule has 16 heavy (non-hydrogen) atoms. The summed E-state index contributed by atoms with van der Waals surface area (Å²) in [4.78, 5) is 0. The summed E-state index contributed by atoms with van der Waals surface area (Å²) in [6.45, 7) is 8.04. The minimum absolute atomic E-state index is 0.398. The molecule has 0 aliphatic rings. The highest BCUT2D eigenvalue weighted by atomic mass is 16.3. The van der Waals surface area contributed by atoms with Gasteiger partial charge in [-0.05, 0) is 30.5 Å². The van der Waals surface area contributed by atoms with E-state index < -0.39 is 6.10 Å². The zero-order valence-electron chi connectivity index (χ0n) is 10.5. The molecule has 1 rings (SSSR count). The highest BCUT2D eigenvalue weighted by molar-refractivity contribution is 5.27. The van der Waals surface area contributed by atoms with Gasteiger partial charge in [0.2, 0.25) is 0 Å². The lowest BCUT2D eigenvalue weighted by Crippen LogP contribution is -2.26. The van der Waals surface area contributed by atoms with Gasteiger partial charge in [0.25, 0.3) is 0 Å². The van der Waals surface area contributed by atoms with E-state index in [9.17, 15) is 5.11 Å². The van der Waals surface area contributed by atoms with Crippen molar-refractivity contribution < 1.29 is 5.11 Å². The van der Waals surface area contributed by atoms with Gasteiger partial charge in [-0.2, -0.15) is 0 Å². The second-order valence-electron chi connectivity index (χ2n) is 4.54. The lowest BCUT2D eigenvalue weighted by Gasteiger charge is -2.16. The van der Waals surface area contributed by atoms with Gasteiger partial charge in [0.1, 0.15) is 0 Å². The summed E-state index contributed by atoms with van der Waals surface area (Å²) < 4.78 is 0. The Hall–Kier alpha value is -0.860. The Morgan fingerprint density at radius 2 is 1.94 bits per heavy atom. The summed E-state index contributed by atoms with van der Waals surface area (Å²) in [5.41, 5.74) is 2.18. The molecule has 0 saturated heterocycles. The fraction of sp³-hybridized carbons (Fsp3) is 0.571. The number of aliphatic hydroxyl groups excluding tert-OH is 1. The van der Waals surface area contributed by atoms with Gasteiger partial charge in [-0.15, -0.1) is 0 Å². The Bertz CT molecular complexity index is 311. The topological polar surface area (TPSA) is 32.3 Å². The SMILES string of the molecule is CCC(C)CNCC(O)c1ccccc1C. The molecule has 0 saturated carbocycles. The third kappa shape index (κ3) is 3.95. The van der Waals surface area contributed by atoms with Crippen molar-refractivity contribution in [2.75, 3.05) is 13.1 Å². The van der Waals surface area contributed by atoms with Crippen molar-refractivity contribution in [2.45, 2.75) is 33.3 Å². The molecule has 0 bridgehead atoms.